The molecule has 2 aromatic heterocycles. The van der Waals surface area contributed by atoms with Crippen molar-refractivity contribution in [2.75, 3.05) is 26.7 Å². The summed E-state index contributed by atoms with van der Waals surface area (Å²) in [5.41, 5.74) is 1.21. The van der Waals surface area contributed by atoms with Gasteiger partial charge in [0.2, 0.25) is 0 Å². The second-order valence-corrected chi connectivity index (χ2v) is 8.85. The number of aliphatic hydroxyl groups excluding tert-OH is 1. The first-order chi connectivity index (χ1) is 15.1. The molecule has 172 valence electrons. The lowest BCUT2D eigenvalue weighted by Gasteiger charge is -2.39. The minimum absolute atomic E-state index is 0.150. The molecular weight excluding hydrogens is 436 g/mol. The second kappa shape index (κ2) is 9.76. The number of hydrogen-bond donors (Lipinski definition) is 3. The number of carbonyl (C=O) groups excluding carboxylic acids is 2. The van der Waals surface area contributed by atoms with Crippen molar-refractivity contribution in [3.63, 3.8) is 0 Å². The van der Waals surface area contributed by atoms with Gasteiger partial charge >= 0.3 is 6.09 Å². The Hall–Kier alpha value is -2.82. The van der Waals surface area contributed by atoms with Crippen LogP contribution in [0, 0.1) is 0 Å². The number of pyridine rings is 1. The maximum atomic E-state index is 12.6. The summed E-state index contributed by atoms with van der Waals surface area (Å²) in [4.78, 5) is 38.6. The second-order valence-electron chi connectivity index (χ2n) is 8.46. The summed E-state index contributed by atoms with van der Waals surface area (Å²) in [7, 11) is 1.52. The Balaban J connectivity index is 1.91. The minimum atomic E-state index is -0.630. The van der Waals surface area contributed by atoms with E-state index in [1.165, 1.54) is 19.4 Å². The molecular formula is C21H27ClN6O4. The summed E-state index contributed by atoms with van der Waals surface area (Å²) in [5, 5.41) is 15.8. The van der Waals surface area contributed by atoms with Gasteiger partial charge in [0.1, 0.15) is 22.8 Å². The van der Waals surface area contributed by atoms with E-state index in [0.29, 0.717) is 24.5 Å². The standard InChI is InChI=1S/C21H27ClN6O4/c1-21(2,3)32-20(31)28-8-13(10-29)26-17(9-28)12-5-15(27-18(22)6-12)14-7-16(19(30)23-4)25-11-24-14/h5-7,11,13,17,26,29H,8-10H2,1-4H3,(H,23,30)/t13-,17+/m0/s1. The molecule has 0 unspecified atom stereocenters. The van der Waals surface area contributed by atoms with Gasteiger partial charge < -0.3 is 25.4 Å². The van der Waals surface area contributed by atoms with E-state index >= 15 is 0 Å². The lowest BCUT2D eigenvalue weighted by atomic mass is 10.0. The monoisotopic (exact) mass is 462 g/mol. The third-order valence-electron chi connectivity index (χ3n) is 4.76. The first-order valence-electron chi connectivity index (χ1n) is 10.2. The summed E-state index contributed by atoms with van der Waals surface area (Å²) in [5.74, 6) is -0.344. The normalized spacial score (nSPS) is 18.9. The highest BCUT2D eigenvalue weighted by Crippen LogP contribution is 2.27. The van der Waals surface area contributed by atoms with E-state index in [0.717, 1.165) is 5.56 Å². The quantitative estimate of drug-likeness (QED) is 0.586. The van der Waals surface area contributed by atoms with Crippen LogP contribution in [0.25, 0.3) is 11.4 Å². The molecule has 0 radical (unpaired) electrons. The largest absolute Gasteiger partial charge is 0.444 e. The van der Waals surface area contributed by atoms with Gasteiger partial charge in [-0.25, -0.2) is 19.7 Å². The van der Waals surface area contributed by atoms with E-state index in [-0.39, 0.29) is 35.4 Å². The number of hydrogen-bond acceptors (Lipinski definition) is 8. The third kappa shape index (κ3) is 5.90. The van der Waals surface area contributed by atoms with E-state index in [9.17, 15) is 14.7 Å². The van der Waals surface area contributed by atoms with Crippen LogP contribution in [0.15, 0.2) is 24.5 Å². The number of nitrogens with zero attached hydrogens (tertiary/aromatic N) is 4. The maximum Gasteiger partial charge on any atom is 0.410 e. The van der Waals surface area contributed by atoms with Crippen molar-refractivity contribution in [1.82, 2.24) is 30.5 Å². The molecule has 3 heterocycles. The fourth-order valence-electron chi connectivity index (χ4n) is 3.34. The molecule has 2 amide bonds. The Bertz CT molecular complexity index is 996. The average Bonchev–Trinajstić information content (AvgIpc) is 2.76. The maximum absolute atomic E-state index is 12.6. The van der Waals surface area contributed by atoms with Gasteiger partial charge in [0.25, 0.3) is 5.91 Å². The van der Waals surface area contributed by atoms with Gasteiger partial charge in [-0.1, -0.05) is 11.6 Å². The highest BCUT2D eigenvalue weighted by molar-refractivity contribution is 6.29. The molecule has 10 nitrogen and oxygen atoms in total. The number of halogens is 1. The molecule has 3 N–H and O–H groups in total. The molecule has 32 heavy (non-hydrogen) atoms. The van der Waals surface area contributed by atoms with Crippen LogP contribution in [-0.2, 0) is 4.74 Å². The van der Waals surface area contributed by atoms with Crippen molar-refractivity contribution in [1.29, 1.82) is 0 Å². The van der Waals surface area contributed by atoms with Gasteiger partial charge in [0, 0.05) is 26.2 Å². The fraction of sp³-hybridized carbons (Fsp3) is 0.476. The highest BCUT2D eigenvalue weighted by atomic mass is 35.5. The Kier molecular flexibility index (Phi) is 7.27. The molecule has 0 bridgehead atoms. The number of ether oxygens (including phenoxy) is 1. The van der Waals surface area contributed by atoms with Gasteiger partial charge in [-0.05, 0) is 44.5 Å². The topological polar surface area (TPSA) is 130 Å². The van der Waals surface area contributed by atoms with Crippen LogP contribution in [0.2, 0.25) is 5.15 Å². The lowest BCUT2D eigenvalue weighted by Crippen LogP contribution is -2.56. The Morgan fingerprint density at radius 3 is 2.66 bits per heavy atom. The van der Waals surface area contributed by atoms with E-state index in [1.54, 1.807) is 37.8 Å². The van der Waals surface area contributed by atoms with Crippen molar-refractivity contribution in [3.05, 3.63) is 40.9 Å². The molecule has 0 aliphatic carbocycles. The molecule has 1 aliphatic rings. The number of nitrogens with one attached hydrogen (secondary N) is 2. The number of aromatic nitrogens is 3. The molecule has 0 aromatic carbocycles. The zero-order valence-corrected chi connectivity index (χ0v) is 19.2. The lowest BCUT2D eigenvalue weighted by molar-refractivity contribution is 0.0123. The van der Waals surface area contributed by atoms with E-state index in [4.69, 9.17) is 16.3 Å². The number of amides is 2. The molecule has 3 rings (SSSR count). The van der Waals surface area contributed by atoms with Gasteiger partial charge in [0.15, 0.2) is 0 Å². The molecule has 1 aliphatic heterocycles. The molecule has 0 saturated carbocycles. The zero-order chi connectivity index (χ0) is 23.5. The fourth-order valence-corrected chi connectivity index (χ4v) is 3.55. The smallest absolute Gasteiger partial charge is 0.410 e. The van der Waals surface area contributed by atoms with Crippen molar-refractivity contribution >= 4 is 23.6 Å². The number of aliphatic hydroxyl groups is 1. The van der Waals surface area contributed by atoms with Crippen LogP contribution in [0.5, 0.6) is 0 Å². The van der Waals surface area contributed by atoms with E-state index in [2.05, 4.69) is 25.6 Å². The van der Waals surface area contributed by atoms with Crippen LogP contribution in [-0.4, -0.2) is 75.3 Å². The Labute approximate surface area is 191 Å². The Morgan fingerprint density at radius 2 is 2.00 bits per heavy atom. The van der Waals surface area contributed by atoms with Crippen molar-refractivity contribution in [2.45, 2.75) is 38.5 Å². The third-order valence-corrected chi connectivity index (χ3v) is 4.95. The van der Waals surface area contributed by atoms with Gasteiger partial charge in [0.05, 0.1) is 24.0 Å². The zero-order valence-electron chi connectivity index (χ0n) is 18.4. The van der Waals surface area contributed by atoms with E-state index in [1.807, 2.05) is 0 Å². The summed E-state index contributed by atoms with van der Waals surface area (Å²) < 4.78 is 5.50. The summed E-state index contributed by atoms with van der Waals surface area (Å²) in [6, 6.07) is 4.34. The van der Waals surface area contributed by atoms with Crippen molar-refractivity contribution in [2.24, 2.45) is 0 Å². The number of carbonyl (C=O) groups is 2. The average molecular weight is 463 g/mol. The SMILES string of the molecule is CNC(=O)c1cc(-c2cc([C@H]3CN(C(=O)OC(C)(C)C)C[C@@H](CO)N3)cc(Cl)n2)ncn1. The molecule has 2 aromatic rings. The molecule has 11 heteroatoms. The van der Waals surface area contributed by atoms with Crippen LogP contribution in [0.1, 0.15) is 42.9 Å². The molecule has 0 spiro atoms. The van der Waals surface area contributed by atoms with Crippen LogP contribution in [0.3, 0.4) is 0 Å². The molecule has 1 fully saturated rings. The van der Waals surface area contributed by atoms with Crippen LogP contribution >= 0.6 is 11.6 Å². The van der Waals surface area contributed by atoms with Crippen molar-refractivity contribution < 1.29 is 19.4 Å². The predicted octanol–water partition coefficient (Wildman–Crippen LogP) is 1.79. The van der Waals surface area contributed by atoms with Crippen LogP contribution < -0.4 is 10.6 Å². The van der Waals surface area contributed by atoms with Gasteiger partial charge in [-0.2, -0.15) is 0 Å². The first kappa shape index (κ1) is 23.8. The van der Waals surface area contributed by atoms with Gasteiger partial charge in [-0.3, -0.25) is 4.79 Å². The summed E-state index contributed by atoms with van der Waals surface area (Å²) >= 11 is 6.29. The summed E-state index contributed by atoms with van der Waals surface area (Å²) in [6.07, 6.45) is 0.835. The van der Waals surface area contributed by atoms with E-state index < -0.39 is 11.7 Å². The molecule has 2 atom stereocenters. The first-order valence-corrected chi connectivity index (χ1v) is 10.5. The summed E-state index contributed by atoms with van der Waals surface area (Å²) in [6.45, 7) is 5.89. The highest BCUT2D eigenvalue weighted by Gasteiger charge is 2.33. The predicted molar refractivity (Wildman–Crippen MR) is 118 cm³/mol. The van der Waals surface area contributed by atoms with Crippen LogP contribution in [0.4, 0.5) is 4.79 Å². The molecule has 1 saturated heterocycles. The Morgan fingerprint density at radius 1 is 1.25 bits per heavy atom. The number of rotatable bonds is 4. The number of piperazine rings is 1. The van der Waals surface area contributed by atoms with Gasteiger partial charge in [-0.15, -0.1) is 0 Å². The van der Waals surface area contributed by atoms with Crippen molar-refractivity contribution in [3.8, 4) is 11.4 Å². The minimum Gasteiger partial charge on any atom is -0.444 e.